The van der Waals surface area contributed by atoms with Crippen molar-refractivity contribution in [2.45, 2.75) is 64.8 Å². The topological polar surface area (TPSA) is 37.4 Å². The molecule has 0 aromatic carbocycles. The molecule has 3 aliphatic rings. The molecule has 20 heavy (non-hydrogen) atoms. The highest BCUT2D eigenvalue weighted by Gasteiger charge is 2.45. The molecule has 2 unspecified atom stereocenters. The van der Waals surface area contributed by atoms with Crippen molar-refractivity contribution in [3.05, 3.63) is 0 Å². The molecule has 3 nitrogen and oxygen atoms in total. The van der Waals surface area contributed by atoms with Gasteiger partial charge >= 0.3 is 0 Å². The molecule has 3 aliphatic carbocycles. The quantitative estimate of drug-likeness (QED) is 0.774. The highest BCUT2D eigenvalue weighted by atomic mass is 16.2. The minimum absolute atomic E-state index is 0.137. The lowest BCUT2D eigenvalue weighted by Gasteiger charge is -2.32. The van der Waals surface area contributed by atoms with E-state index in [2.05, 4.69) is 18.7 Å². The zero-order chi connectivity index (χ0) is 14.3. The van der Waals surface area contributed by atoms with E-state index in [0.717, 1.165) is 38.6 Å². The SMILES string of the molecule is CC(C)CCN(C(=O)C1CC2CCC(C1)C2=O)C1CC1. The lowest BCUT2D eigenvalue weighted by atomic mass is 9.79. The highest BCUT2D eigenvalue weighted by Crippen LogP contribution is 2.43. The van der Waals surface area contributed by atoms with Gasteiger partial charge in [-0.3, -0.25) is 9.59 Å². The van der Waals surface area contributed by atoms with Crippen molar-refractivity contribution in [3.8, 4) is 0 Å². The summed E-state index contributed by atoms with van der Waals surface area (Å²) in [5.74, 6) is 2.00. The van der Waals surface area contributed by atoms with Gasteiger partial charge in [0.2, 0.25) is 5.91 Å². The molecular formula is C17H27NO2. The Balaban J connectivity index is 1.63. The van der Waals surface area contributed by atoms with Crippen LogP contribution >= 0.6 is 0 Å². The summed E-state index contributed by atoms with van der Waals surface area (Å²) in [5, 5.41) is 0. The number of carbonyl (C=O) groups excluding carboxylic acids is 2. The smallest absolute Gasteiger partial charge is 0.225 e. The van der Waals surface area contributed by atoms with Crippen LogP contribution in [0.5, 0.6) is 0 Å². The second kappa shape index (κ2) is 5.50. The van der Waals surface area contributed by atoms with Crippen LogP contribution in [0.2, 0.25) is 0 Å². The largest absolute Gasteiger partial charge is 0.339 e. The van der Waals surface area contributed by atoms with Crippen molar-refractivity contribution >= 4 is 11.7 Å². The summed E-state index contributed by atoms with van der Waals surface area (Å²) < 4.78 is 0. The first-order valence-corrected chi connectivity index (χ1v) is 8.40. The van der Waals surface area contributed by atoms with Crippen LogP contribution in [-0.4, -0.2) is 29.2 Å². The predicted molar refractivity (Wildman–Crippen MR) is 78.1 cm³/mol. The van der Waals surface area contributed by atoms with Crippen LogP contribution in [0, 0.1) is 23.7 Å². The first kappa shape index (κ1) is 14.1. The molecule has 0 radical (unpaired) electrons. The van der Waals surface area contributed by atoms with Gasteiger partial charge in [-0.25, -0.2) is 0 Å². The van der Waals surface area contributed by atoms with Gasteiger partial charge in [0.25, 0.3) is 0 Å². The van der Waals surface area contributed by atoms with E-state index in [9.17, 15) is 9.59 Å². The van der Waals surface area contributed by atoms with Crippen molar-refractivity contribution in [2.75, 3.05) is 6.54 Å². The molecule has 112 valence electrons. The van der Waals surface area contributed by atoms with E-state index in [1.807, 2.05) is 0 Å². The first-order valence-electron chi connectivity index (χ1n) is 8.40. The van der Waals surface area contributed by atoms with Gasteiger partial charge in [0.1, 0.15) is 5.78 Å². The summed E-state index contributed by atoms with van der Waals surface area (Å²) >= 11 is 0. The lowest BCUT2D eigenvalue weighted by molar-refractivity contribution is -0.140. The fraction of sp³-hybridized carbons (Fsp3) is 0.882. The second-order valence-corrected chi connectivity index (χ2v) is 7.49. The standard InChI is InChI=1S/C17H27NO2/c1-11(2)7-8-18(15-5-6-15)17(20)14-9-12-3-4-13(10-14)16(12)19/h11-15H,3-10H2,1-2H3. The Morgan fingerprint density at radius 3 is 2.25 bits per heavy atom. The summed E-state index contributed by atoms with van der Waals surface area (Å²) in [7, 11) is 0. The number of carbonyl (C=O) groups is 2. The number of fused-ring (bicyclic) bond motifs is 2. The van der Waals surface area contributed by atoms with Crippen LogP contribution in [0.4, 0.5) is 0 Å². The van der Waals surface area contributed by atoms with Crippen LogP contribution in [0.1, 0.15) is 58.8 Å². The van der Waals surface area contributed by atoms with Gasteiger partial charge in [0.15, 0.2) is 0 Å². The van der Waals surface area contributed by atoms with Crippen molar-refractivity contribution in [1.29, 1.82) is 0 Å². The number of hydrogen-bond donors (Lipinski definition) is 0. The Morgan fingerprint density at radius 1 is 1.15 bits per heavy atom. The maximum absolute atomic E-state index is 12.8. The number of Topliss-reactive ketones (excluding diaryl/α,β-unsaturated/α-hetero) is 1. The molecule has 0 spiro atoms. The van der Waals surface area contributed by atoms with Gasteiger partial charge in [-0.2, -0.15) is 0 Å². The van der Waals surface area contributed by atoms with Crippen molar-refractivity contribution in [3.63, 3.8) is 0 Å². The third-order valence-electron chi connectivity index (χ3n) is 5.37. The molecule has 2 bridgehead atoms. The van der Waals surface area contributed by atoms with Gasteiger partial charge in [-0.15, -0.1) is 0 Å². The van der Waals surface area contributed by atoms with Crippen molar-refractivity contribution in [2.24, 2.45) is 23.7 Å². The number of hydrogen-bond acceptors (Lipinski definition) is 2. The normalized spacial score (nSPS) is 32.8. The first-order chi connectivity index (χ1) is 9.56. The van der Waals surface area contributed by atoms with E-state index in [-0.39, 0.29) is 17.8 Å². The van der Waals surface area contributed by atoms with Gasteiger partial charge in [-0.05, 0) is 50.9 Å². The average molecular weight is 277 g/mol. The van der Waals surface area contributed by atoms with Crippen LogP contribution in [0.3, 0.4) is 0 Å². The van der Waals surface area contributed by atoms with Crippen LogP contribution in [-0.2, 0) is 9.59 Å². The number of amides is 1. The van der Waals surface area contributed by atoms with E-state index in [4.69, 9.17) is 0 Å². The van der Waals surface area contributed by atoms with E-state index in [1.165, 1.54) is 12.8 Å². The molecule has 0 aromatic heterocycles. The third-order valence-corrected chi connectivity index (χ3v) is 5.37. The zero-order valence-electron chi connectivity index (χ0n) is 12.8. The fourth-order valence-electron chi connectivity index (χ4n) is 3.96. The molecular weight excluding hydrogens is 250 g/mol. The summed E-state index contributed by atoms with van der Waals surface area (Å²) in [6.07, 6.45) is 7.19. The predicted octanol–water partition coefficient (Wildman–Crippen LogP) is 3.03. The van der Waals surface area contributed by atoms with Gasteiger partial charge < -0.3 is 4.90 Å². The summed E-state index contributed by atoms with van der Waals surface area (Å²) in [5.41, 5.74) is 0. The van der Waals surface area contributed by atoms with Crippen LogP contribution in [0.25, 0.3) is 0 Å². The van der Waals surface area contributed by atoms with E-state index in [1.54, 1.807) is 0 Å². The van der Waals surface area contributed by atoms with Crippen LogP contribution in [0.15, 0.2) is 0 Å². The average Bonchev–Trinajstić information content (AvgIpc) is 3.19. The second-order valence-electron chi connectivity index (χ2n) is 7.49. The van der Waals surface area contributed by atoms with Crippen molar-refractivity contribution < 1.29 is 9.59 Å². The van der Waals surface area contributed by atoms with E-state index < -0.39 is 0 Å². The fourth-order valence-corrected chi connectivity index (χ4v) is 3.96. The molecule has 0 saturated heterocycles. The molecule has 0 aliphatic heterocycles. The lowest BCUT2D eigenvalue weighted by Crippen LogP contribution is -2.42. The minimum Gasteiger partial charge on any atom is -0.339 e. The molecule has 3 saturated carbocycles. The molecule has 0 aromatic rings. The van der Waals surface area contributed by atoms with Gasteiger partial charge in [0, 0.05) is 30.3 Å². The Labute approximate surface area is 122 Å². The molecule has 3 fully saturated rings. The summed E-state index contributed by atoms with van der Waals surface area (Å²) in [6.45, 7) is 5.35. The Morgan fingerprint density at radius 2 is 1.75 bits per heavy atom. The third kappa shape index (κ3) is 2.77. The zero-order valence-corrected chi connectivity index (χ0v) is 12.8. The molecule has 0 N–H and O–H groups in total. The number of rotatable bonds is 5. The van der Waals surface area contributed by atoms with E-state index in [0.29, 0.717) is 23.7 Å². The van der Waals surface area contributed by atoms with Crippen molar-refractivity contribution in [1.82, 2.24) is 4.90 Å². The van der Waals surface area contributed by atoms with Gasteiger partial charge in [-0.1, -0.05) is 13.8 Å². The molecule has 0 heterocycles. The number of ketones is 1. The van der Waals surface area contributed by atoms with Gasteiger partial charge in [0.05, 0.1) is 0 Å². The molecule has 3 heteroatoms. The molecule has 3 rings (SSSR count). The Kier molecular flexibility index (Phi) is 3.87. The Bertz CT molecular complexity index is 384. The van der Waals surface area contributed by atoms with E-state index >= 15 is 0 Å². The minimum atomic E-state index is 0.137. The number of nitrogens with zero attached hydrogens (tertiary/aromatic N) is 1. The highest BCUT2D eigenvalue weighted by molar-refractivity contribution is 5.89. The molecule has 1 amide bonds. The maximum Gasteiger partial charge on any atom is 0.225 e. The van der Waals surface area contributed by atoms with Crippen LogP contribution < -0.4 is 0 Å². The molecule has 2 atom stereocenters. The maximum atomic E-state index is 12.8. The summed E-state index contributed by atoms with van der Waals surface area (Å²) in [6, 6.07) is 0.511. The Hall–Kier alpha value is -0.860. The summed E-state index contributed by atoms with van der Waals surface area (Å²) in [4.78, 5) is 26.9. The monoisotopic (exact) mass is 277 g/mol.